The molecular formula is C18H16N4. The minimum Gasteiger partial charge on any atom is -0.307 e. The van der Waals surface area contributed by atoms with Crippen LogP contribution in [0.5, 0.6) is 0 Å². The van der Waals surface area contributed by atoms with E-state index >= 15 is 0 Å². The zero-order valence-electron chi connectivity index (χ0n) is 12.3. The van der Waals surface area contributed by atoms with Crippen LogP contribution in [0.4, 0.5) is 11.6 Å². The molecule has 1 atom stereocenters. The standard InChI is InChI=1S/C18H16N4/c1-13-12-15-4-2-3-5-17(15)22(13)18-20-11-8-16(21-18)14-6-9-19-10-7-14/h2-11,13H,12H2,1H3. The first kappa shape index (κ1) is 13.0. The van der Waals surface area contributed by atoms with Gasteiger partial charge in [-0.25, -0.2) is 9.97 Å². The van der Waals surface area contributed by atoms with Crippen LogP contribution in [0.1, 0.15) is 12.5 Å². The summed E-state index contributed by atoms with van der Waals surface area (Å²) in [7, 11) is 0. The van der Waals surface area contributed by atoms with Crippen molar-refractivity contribution < 1.29 is 0 Å². The Balaban J connectivity index is 1.78. The molecule has 4 rings (SSSR count). The normalized spacial score (nSPS) is 16.6. The van der Waals surface area contributed by atoms with Gasteiger partial charge in [-0.2, -0.15) is 0 Å². The lowest BCUT2D eigenvalue weighted by Crippen LogP contribution is -2.25. The van der Waals surface area contributed by atoms with E-state index in [1.165, 1.54) is 11.3 Å². The molecule has 4 heteroatoms. The summed E-state index contributed by atoms with van der Waals surface area (Å²) >= 11 is 0. The topological polar surface area (TPSA) is 41.9 Å². The highest BCUT2D eigenvalue weighted by Gasteiger charge is 2.28. The molecule has 0 aliphatic carbocycles. The average Bonchev–Trinajstić information content (AvgIpc) is 2.91. The molecule has 1 aliphatic rings. The number of hydrogen-bond acceptors (Lipinski definition) is 4. The van der Waals surface area contributed by atoms with E-state index in [4.69, 9.17) is 4.98 Å². The maximum Gasteiger partial charge on any atom is 0.230 e. The van der Waals surface area contributed by atoms with Crippen molar-refractivity contribution in [3.63, 3.8) is 0 Å². The van der Waals surface area contributed by atoms with Gasteiger partial charge >= 0.3 is 0 Å². The zero-order valence-corrected chi connectivity index (χ0v) is 12.3. The van der Waals surface area contributed by atoms with Crippen molar-refractivity contribution in [3.05, 3.63) is 66.6 Å². The van der Waals surface area contributed by atoms with Crippen molar-refractivity contribution in [2.45, 2.75) is 19.4 Å². The summed E-state index contributed by atoms with van der Waals surface area (Å²) in [5.74, 6) is 0.756. The molecule has 0 saturated heterocycles. The van der Waals surface area contributed by atoms with Gasteiger partial charge in [-0.3, -0.25) is 4.98 Å². The molecule has 108 valence electrons. The Kier molecular flexibility index (Phi) is 3.07. The van der Waals surface area contributed by atoms with Crippen LogP contribution in [-0.4, -0.2) is 21.0 Å². The predicted octanol–water partition coefficient (Wildman–Crippen LogP) is 3.62. The molecule has 1 unspecified atom stereocenters. The lowest BCUT2D eigenvalue weighted by Gasteiger charge is -2.22. The third kappa shape index (κ3) is 2.13. The first-order valence-electron chi connectivity index (χ1n) is 7.43. The quantitative estimate of drug-likeness (QED) is 0.722. The van der Waals surface area contributed by atoms with Crippen LogP contribution >= 0.6 is 0 Å². The van der Waals surface area contributed by atoms with Crippen LogP contribution < -0.4 is 4.90 Å². The van der Waals surface area contributed by atoms with Gasteiger partial charge in [-0.05, 0) is 43.2 Å². The van der Waals surface area contributed by atoms with Crippen LogP contribution in [0.15, 0.2) is 61.1 Å². The molecule has 3 aromatic rings. The summed E-state index contributed by atoms with van der Waals surface area (Å²) in [4.78, 5) is 15.5. The largest absolute Gasteiger partial charge is 0.307 e. The van der Waals surface area contributed by atoms with Gasteiger partial charge in [0.1, 0.15) is 0 Å². The maximum absolute atomic E-state index is 4.76. The third-order valence-corrected chi connectivity index (χ3v) is 4.04. The fraction of sp³-hybridized carbons (Fsp3) is 0.167. The summed E-state index contributed by atoms with van der Waals surface area (Å²) in [6.45, 7) is 2.21. The number of anilines is 2. The SMILES string of the molecule is CC1Cc2ccccc2N1c1nccc(-c2ccncc2)n1. The number of nitrogens with zero attached hydrogens (tertiary/aromatic N) is 4. The van der Waals surface area contributed by atoms with Crippen LogP contribution in [0.3, 0.4) is 0 Å². The minimum absolute atomic E-state index is 0.366. The van der Waals surface area contributed by atoms with E-state index in [1.54, 1.807) is 12.4 Å². The van der Waals surface area contributed by atoms with Crippen molar-refractivity contribution in [1.82, 2.24) is 15.0 Å². The summed E-state index contributed by atoms with van der Waals surface area (Å²) in [5.41, 5.74) is 4.54. The number of benzene rings is 1. The van der Waals surface area contributed by atoms with Gasteiger partial charge in [-0.1, -0.05) is 18.2 Å². The predicted molar refractivity (Wildman–Crippen MR) is 87.0 cm³/mol. The highest BCUT2D eigenvalue weighted by atomic mass is 15.3. The Hall–Kier alpha value is -2.75. The molecule has 0 spiro atoms. The Morgan fingerprint density at radius 3 is 2.68 bits per heavy atom. The highest BCUT2D eigenvalue weighted by molar-refractivity contribution is 5.68. The van der Waals surface area contributed by atoms with Gasteiger partial charge in [0.25, 0.3) is 0 Å². The van der Waals surface area contributed by atoms with Crippen LogP contribution in [0, 0.1) is 0 Å². The molecule has 22 heavy (non-hydrogen) atoms. The Morgan fingerprint density at radius 2 is 1.82 bits per heavy atom. The molecule has 1 aromatic carbocycles. The first-order chi connectivity index (χ1) is 10.8. The van der Waals surface area contributed by atoms with Gasteiger partial charge in [0.15, 0.2) is 0 Å². The lowest BCUT2D eigenvalue weighted by molar-refractivity contribution is 0.740. The van der Waals surface area contributed by atoms with Gasteiger partial charge < -0.3 is 4.90 Å². The second-order valence-corrected chi connectivity index (χ2v) is 5.53. The number of hydrogen-bond donors (Lipinski definition) is 0. The summed E-state index contributed by atoms with van der Waals surface area (Å²) in [5, 5.41) is 0. The Labute approximate surface area is 129 Å². The molecule has 0 N–H and O–H groups in total. The second kappa shape index (κ2) is 5.22. The Bertz CT molecular complexity index is 801. The maximum atomic E-state index is 4.76. The smallest absolute Gasteiger partial charge is 0.230 e. The molecule has 0 amide bonds. The van der Waals surface area contributed by atoms with Crippen LogP contribution in [0.2, 0.25) is 0 Å². The van der Waals surface area contributed by atoms with E-state index in [9.17, 15) is 0 Å². The van der Waals surface area contributed by atoms with Gasteiger partial charge in [0.05, 0.1) is 5.69 Å². The molecule has 0 fully saturated rings. The van der Waals surface area contributed by atoms with Gasteiger partial charge in [-0.15, -0.1) is 0 Å². The third-order valence-electron chi connectivity index (χ3n) is 4.04. The van der Waals surface area contributed by atoms with Crippen molar-refractivity contribution in [2.24, 2.45) is 0 Å². The van der Waals surface area contributed by atoms with E-state index in [0.717, 1.165) is 23.6 Å². The molecule has 2 aromatic heterocycles. The summed E-state index contributed by atoms with van der Waals surface area (Å²) in [6, 6.07) is 14.7. The fourth-order valence-corrected chi connectivity index (χ4v) is 3.02. The highest BCUT2D eigenvalue weighted by Crippen LogP contribution is 2.36. The van der Waals surface area contributed by atoms with Crippen molar-refractivity contribution in [1.29, 1.82) is 0 Å². The van der Waals surface area contributed by atoms with E-state index in [-0.39, 0.29) is 0 Å². The number of aromatic nitrogens is 3. The van der Waals surface area contributed by atoms with Crippen molar-refractivity contribution >= 4 is 11.6 Å². The Morgan fingerprint density at radius 1 is 1.00 bits per heavy atom. The molecule has 0 saturated carbocycles. The molecular weight excluding hydrogens is 272 g/mol. The van der Waals surface area contributed by atoms with E-state index in [0.29, 0.717) is 6.04 Å². The molecule has 0 radical (unpaired) electrons. The van der Waals surface area contributed by atoms with Crippen LogP contribution in [-0.2, 0) is 6.42 Å². The molecule has 4 nitrogen and oxygen atoms in total. The van der Waals surface area contributed by atoms with Crippen molar-refractivity contribution in [3.8, 4) is 11.3 Å². The second-order valence-electron chi connectivity index (χ2n) is 5.53. The molecule has 1 aliphatic heterocycles. The van der Waals surface area contributed by atoms with Crippen LogP contribution in [0.25, 0.3) is 11.3 Å². The molecule has 3 heterocycles. The summed E-state index contributed by atoms with van der Waals surface area (Å²) < 4.78 is 0. The fourth-order valence-electron chi connectivity index (χ4n) is 3.02. The minimum atomic E-state index is 0.366. The number of rotatable bonds is 2. The zero-order chi connectivity index (χ0) is 14.9. The monoisotopic (exact) mass is 288 g/mol. The average molecular weight is 288 g/mol. The van der Waals surface area contributed by atoms with Gasteiger partial charge in [0.2, 0.25) is 5.95 Å². The van der Waals surface area contributed by atoms with Crippen molar-refractivity contribution in [2.75, 3.05) is 4.90 Å². The molecule has 0 bridgehead atoms. The first-order valence-corrected chi connectivity index (χ1v) is 7.43. The summed E-state index contributed by atoms with van der Waals surface area (Å²) in [6.07, 6.45) is 6.42. The lowest BCUT2D eigenvalue weighted by atomic mass is 10.1. The van der Waals surface area contributed by atoms with E-state index < -0.39 is 0 Å². The number of fused-ring (bicyclic) bond motifs is 1. The van der Waals surface area contributed by atoms with E-state index in [1.807, 2.05) is 24.4 Å². The number of pyridine rings is 1. The van der Waals surface area contributed by atoms with E-state index in [2.05, 4.69) is 46.1 Å². The number of para-hydroxylation sites is 1. The van der Waals surface area contributed by atoms with Gasteiger partial charge in [0, 0.05) is 35.9 Å².